The number of alkyl halides is 3. The van der Waals surface area contributed by atoms with Crippen molar-refractivity contribution in [2.24, 2.45) is 0 Å². The number of aromatic nitrogens is 4. The molecule has 568 valence electrons. The van der Waals surface area contributed by atoms with Gasteiger partial charge in [-0.05, 0) is 154 Å². The molecule has 0 radical (unpaired) electrons. The van der Waals surface area contributed by atoms with Crippen molar-refractivity contribution in [3.8, 4) is 0 Å². The van der Waals surface area contributed by atoms with Crippen molar-refractivity contribution in [1.82, 2.24) is 19.9 Å². The van der Waals surface area contributed by atoms with Crippen LogP contribution in [0.4, 0.5) is 33.7 Å². The zero-order valence-electron chi connectivity index (χ0n) is 62.4. The predicted octanol–water partition coefficient (Wildman–Crippen LogP) is 17.1. The number of anilines is 4. The van der Waals surface area contributed by atoms with Crippen LogP contribution in [0, 0.1) is 20.8 Å². The molecule has 4 N–H and O–H groups in total. The first-order chi connectivity index (χ1) is 47.1. The highest BCUT2D eigenvalue weighted by atomic mass is 35.5. The van der Waals surface area contributed by atoms with Gasteiger partial charge >= 0.3 is 6.18 Å². The molecule has 32 heteroatoms. The molecule has 0 aliphatic heterocycles. The Morgan fingerprint density at radius 1 is 0.385 bits per heavy atom. The average molecular weight is 1610 g/mol. The maximum Gasteiger partial charge on any atom is 0.416 e. The Morgan fingerprint density at radius 3 is 0.971 bits per heavy atom. The van der Waals surface area contributed by atoms with Gasteiger partial charge in [-0.15, -0.1) is 45.3 Å². The summed E-state index contributed by atoms with van der Waals surface area (Å²) >= 11 is 10.9. The van der Waals surface area contributed by atoms with Gasteiger partial charge in [0, 0.05) is 42.3 Å². The lowest BCUT2D eigenvalue weighted by atomic mass is 9.93. The Hall–Kier alpha value is -6.84. The summed E-state index contributed by atoms with van der Waals surface area (Å²) in [5.41, 5.74) is 3.28. The highest BCUT2D eigenvalue weighted by Gasteiger charge is 2.47. The molecular formula is C72H92ClF3N8O12S8. The van der Waals surface area contributed by atoms with Gasteiger partial charge in [0.05, 0.1) is 47.9 Å². The monoisotopic (exact) mass is 1610 g/mol. The molecule has 0 bridgehead atoms. The first kappa shape index (κ1) is 87.8. The van der Waals surface area contributed by atoms with Crippen LogP contribution in [-0.4, -0.2) is 96.2 Å². The molecule has 4 heterocycles. The van der Waals surface area contributed by atoms with Crippen molar-refractivity contribution in [1.29, 1.82) is 0 Å². The van der Waals surface area contributed by atoms with Crippen LogP contribution >= 0.6 is 56.9 Å². The van der Waals surface area contributed by atoms with E-state index in [0.29, 0.717) is 38.1 Å². The molecule has 0 fully saturated rings. The van der Waals surface area contributed by atoms with Gasteiger partial charge in [0.2, 0.25) is 23.6 Å². The standard InChI is InChI=1S/C19H23F3N2O3S2.2C18H24N2O3S2.C17H21ClN2O3S2/c1-11-14(17(2,3)4)28-16(23-11)24-15(25)18(5,6)29(26,27)13-9-7-12(8-10-13)19(20,21)22;1-12-7-9-13(10-8-12)25(22,23)18(5,6)15(21)20-16-19-14(11-24-16)17(2,3)4;1-12-9-7-8-10-13(12)25(22,23)18(5,6)15(21)20-16-19-14(11-24-16)17(2,3)4;1-16(2,3)13-10-24-15(19-13)20-14(21)17(4,5)25(22,23)12-8-6-11(18)7-9-12/h7-10H,1-6H3,(H,23,24,25);2*7-11H,1-6H3,(H,19,20,21);6-10H,1-5H3,(H,19,20,21). The van der Waals surface area contributed by atoms with E-state index in [2.05, 4.69) is 41.2 Å². The molecule has 4 aromatic carbocycles. The third kappa shape index (κ3) is 20.4. The molecule has 104 heavy (non-hydrogen) atoms. The number of nitrogens with one attached hydrogen (secondary N) is 4. The van der Waals surface area contributed by atoms with E-state index in [4.69, 9.17) is 11.6 Å². The van der Waals surface area contributed by atoms with Gasteiger partial charge in [-0.2, -0.15) is 13.2 Å². The topological polar surface area (TPSA) is 305 Å². The van der Waals surface area contributed by atoms with Crippen molar-refractivity contribution >= 4 is 140 Å². The number of hydrogen-bond donors (Lipinski definition) is 4. The molecular weight excluding hydrogens is 1520 g/mol. The highest BCUT2D eigenvalue weighted by Crippen LogP contribution is 2.39. The molecule has 0 aliphatic carbocycles. The third-order valence-electron chi connectivity index (χ3n) is 16.4. The second-order valence-electron chi connectivity index (χ2n) is 30.5. The van der Waals surface area contributed by atoms with Gasteiger partial charge in [0.25, 0.3) is 0 Å². The van der Waals surface area contributed by atoms with Crippen LogP contribution in [0.3, 0.4) is 0 Å². The van der Waals surface area contributed by atoms with Gasteiger partial charge in [0.15, 0.2) is 59.9 Å². The van der Waals surface area contributed by atoms with E-state index in [-0.39, 0.29) is 46.4 Å². The number of thiazole rings is 4. The number of nitrogens with zero attached hydrogens (tertiary/aromatic N) is 4. The number of benzene rings is 4. The summed E-state index contributed by atoms with van der Waals surface area (Å²) in [6, 6.07) is 22.0. The summed E-state index contributed by atoms with van der Waals surface area (Å²) in [6.07, 6.45) is -4.58. The number of carbonyl (C=O) groups is 4. The molecule has 8 aromatic rings. The van der Waals surface area contributed by atoms with Gasteiger partial charge < -0.3 is 21.3 Å². The van der Waals surface area contributed by atoms with Crippen LogP contribution in [0.25, 0.3) is 0 Å². The van der Waals surface area contributed by atoms with Crippen molar-refractivity contribution in [2.45, 2.75) is 226 Å². The van der Waals surface area contributed by atoms with E-state index in [1.807, 2.05) is 106 Å². The second-order valence-corrected chi connectivity index (χ2v) is 44.4. The second kappa shape index (κ2) is 31.9. The van der Waals surface area contributed by atoms with Crippen LogP contribution in [0.1, 0.15) is 183 Å². The maximum atomic E-state index is 13.0. The molecule has 4 amide bonds. The summed E-state index contributed by atoms with van der Waals surface area (Å²) < 4.78 is 135. The van der Waals surface area contributed by atoms with Crippen molar-refractivity contribution in [3.63, 3.8) is 0 Å². The van der Waals surface area contributed by atoms with Gasteiger partial charge in [-0.3, -0.25) is 19.2 Å². The molecule has 0 saturated heterocycles. The van der Waals surface area contributed by atoms with E-state index < -0.39 is 93.7 Å². The molecule has 0 unspecified atom stereocenters. The quantitative estimate of drug-likeness (QED) is 0.0699. The van der Waals surface area contributed by atoms with E-state index in [9.17, 15) is 66.0 Å². The fourth-order valence-corrected chi connectivity index (χ4v) is 18.5. The smallest absolute Gasteiger partial charge is 0.301 e. The Kier molecular flexibility index (Phi) is 26.9. The number of amides is 4. The molecule has 20 nitrogen and oxygen atoms in total. The first-order valence-corrected chi connectivity index (χ1v) is 42.0. The minimum Gasteiger partial charge on any atom is -0.301 e. The number of carbonyl (C=O) groups excluding carboxylic acids is 4. The van der Waals surface area contributed by atoms with E-state index >= 15 is 0 Å². The predicted molar refractivity (Wildman–Crippen MR) is 413 cm³/mol. The molecule has 0 aliphatic rings. The molecule has 0 atom stereocenters. The van der Waals surface area contributed by atoms with Crippen molar-refractivity contribution in [2.75, 3.05) is 21.3 Å². The van der Waals surface area contributed by atoms with Crippen molar-refractivity contribution < 1.29 is 66.0 Å². The lowest BCUT2D eigenvalue weighted by Gasteiger charge is -2.24. The van der Waals surface area contributed by atoms with E-state index in [0.717, 1.165) is 45.3 Å². The largest absolute Gasteiger partial charge is 0.416 e. The molecule has 0 spiro atoms. The molecule has 4 aromatic heterocycles. The summed E-state index contributed by atoms with van der Waals surface area (Å²) in [7, 11) is -15.8. The minimum absolute atomic E-state index is 0.0477. The third-order valence-corrected chi connectivity index (χ3v) is 30.2. The van der Waals surface area contributed by atoms with Crippen LogP contribution in [0.2, 0.25) is 5.02 Å². The summed E-state index contributed by atoms with van der Waals surface area (Å²) in [5.74, 6) is -2.63. The number of rotatable bonds is 16. The number of hydrogen-bond acceptors (Lipinski definition) is 20. The van der Waals surface area contributed by atoms with Crippen LogP contribution in [-0.2, 0) is 86.4 Å². The maximum absolute atomic E-state index is 13.0. The van der Waals surface area contributed by atoms with Crippen LogP contribution < -0.4 is 21.3 Å². The molecule has 8 rings (SSSR count). The fraction of sp³-hybridized carbons (Fsp3) is 0.444. The summed E-state index contributed by atoms with van der Waals surface area (Å²) in [6.45, 7) is 40.4. The van der Waals surface area contributed by atoms with Gasteiger partial charge in [0.1, 0.15) is 19.0 Å². The molecule has 0 saturated carbocycles. The lowest BCUT2D eigenvalue weighted by Crippen LogP contribution is -2.44. The zero-order valence-corrected chi connectivity index (χ0v) is 69.7. The fourth-order valence-electron chi connectivity index (χ4n) is 8.82. The number of sulfone groups is 4. The Bertz CT molecular complexity index is 4750. The van der Waals surface area contributed by atoms with Gasteiger partial charge in [-0.25, -0.2) is 53.6 Å². The summed E-state index contributed by atoms with van der Waals surface area (Å²) in [5, 5.41) is 18.0. The Labute approximate surface area is 631 Å². The highest BCUT2D eigenvalue weighted by molar-refractivity contribution is 7.94. The van der Waals surface area contributed by atoms with Crippen LogP contribution in [0.15, 0.2) is 133 Å². The Morgan fingerprint density at radius 2 is 0.683 bits per heavy atom. The first-order valence-electron chi connectivity index (χ1n) is 32.2. The van der Waals surface area contributed by atoms with Gasteiger partial charge in [-0.1, -0.05) is 131 Å². The van der Waals surface area contributed by atoms with Crippen LogP contribution in [0.5, 0.6) is 0 Å². The number of aryl methyl sites for hydroxylation is 3. The average Bonchev–Trinajstić information content (AvgIpc) is 0.946. The number of halogens is 4. The van der Waals surface area contributed by atoms with E-state index in [1.165, 1.54) is 143 Å². The SMILES string of the molecule is CC(C)(C)c1csc(NC(=O)C(C)(C)S(=O)(=O)c2ccc(Cl)cc2)n1.Cc1ccc(S(=O)(=O)C(C)(C)C(=O)Nc2nc(C(C)(C)C)cs2)cc1.Cc1ccccc1S(=O)(=O)C(C)(C)C(=O)Nc1nc(C(C)(C)C)cs1.Cc1nc(NC(=O)C(C)(C)S(=O)(=O)c2ccc(C(F)(F)F)cc2)sc1C(C)(C)C. The zero-order chi connectivity index (χ0) is 79.5. The Balaban J connectivity index is 0.000000250. The minimum atomic E-state index is -4.58. The van der Waals surface area contributed by atoms with Crippen molar-refractivity contribution in [3.05, 3.63) is 163 Å². The lowest BCUT2D eigenvalue weighted by molar-refractivity contribution is -0.137. The van der Waals surface area contributed by atoms with E-state index in [1.54, 1.807) is 44.2 Å². The summed E-state index contributed by atoms with van der Waals surface area (Å²) in [4.78, 5) is 69.1. The normalized spacial score (nSPS) is 13.0.